The van der Waals surface area contributed by atoms with Gasteiger partial charge in [0.2, 0.25) is 12.0 Å². The number of ether oxygens (including phenoxy) is 4. The van der Waals surface area contributed by atoms with Crippen molar-refractivity contribution in [3.05, 3.63) is 22.6 Å². The van der Waals surface area contributed by atoms with Gasteiger partial charge in [0.1, 0.15) is 11.1 Å². The summed E-state index contributed by atoms with van der Waals surface area (Å²) in [5, 5.41) is 0. The molecule has 1 aromatic rings. The Balaban J connectivity index is 1.85. The lowest BCUT2D eigenvalue weighted by molar-refractivity contribution is -0.213. The number of thiocarbonyl (C=S) groups is 1. The highest BCUT2D eigenvalue weighted by Crippen LogP contribution is 2.45. The Kier molecular flexibility index (Phi) is 5.09. The van der Waals surface area contributed by atoms with E-state index in [0.29, 0.717) is 23.1 Å². The van der Waals surface area contributed by atoms with Crippen LogP contribution in [0.2, 0.25) is 0 Å². The van der Waals surface area contributed by atoms with Gasteiger partial charge in [-0.2, -0.15) is 0 Å². The first-order chi connectivity index (χ1) is 11.6. The molecule has 0 spiro atoms. The molecule has 6 nitrogen and oxygen atoms in total. The van der Waals surface area contributed by atoms with E-state index in [1.165, 1.54) is 0 Å². The lowest BCUT2D eigenvalue weighted by Crippen LogP contribution is -2.58. The molecule has 2 aliphatic heterocycles. The van der Waals surface area contributed by atoms with Crippen molar-refractivity contribution in [2.45, 2.75) is 12.5 Å². The third-order valence-electron chi connectivity index (χ3n) is 3.80. The number of fused-ring (bicyclic) bond motifs is 1. The van der Waals surface area contributed by atoms with E-state index in [-0.39, 0.29) is 11.1 Å². The van der Waals surface area contributed by atoms with Crippen LogP contribution in [0, 0.1) is 0 Å². The number of carbonyl (C=O) groups excluding carboxylic acids is 1. The predicted octanol–water partition coefficient (Wildman–Crippen LogP) is 2.22. The minimum Gasteiger partial charge on any atom is -0.493 e. The van der Waals surface area contributed by atoms with Crippen molar-refractivity contribution in [1.29, 1.82) is 0 Å². The van der Waals surface area contributed by atoms with E-state index in [2.05, 4.69) is 0 Å². The standard InChI is InChI=1S/C16H16NO5S2/c1-19-10-4-9(5-11(20-2)14(10)21-3)6-13-16-17(8-24-13)15(22-16)12(23)7-18/h4-6,15-16H,8H2,1-3H3. The number of hydrogen-bond acceptors (Lipinski definition) is 8. The maximum Gasteiger partial charge on any atom is 0.244 e. The first-order valence-corrected chi connectivity index (χ1v) is 8.50. The van der Waals surface area contributed by atoms with Crippen LogP contribution in [0.5, 0.6) is 17.2 Å². The Labute approximate surface area is 149 Å². The van der Waals surface area contributed by atoms with Crippen LogP contribution in [0.25, 0.3) is 6.08 Å². The lowest BCUT2D eigenvalue weighted by atomic mass is 10.1. The quantitative estimate of drug-likeness (QED) is 0.711. The fourth-order valence-corrected chi connectivity index (χ4v) is 3.96. The summed E-state index contributed by atoms with van der Waals surface area (Å²) in [5.74, 6) is 2.45. The van der Waals surface area contributed by atoms with Crippen molar-refractivity contribution in [3.63, 3.8) is 0 Å². The molecule has 1 aromatic carbocycles. The van der Waals surface area contributed by atoms with Crippen molar-refractivity contribution in [2.24, 2.45) is 0 Å². The molecule has 2 aliphatic rings. The van der Waals surface area contributed by atoms with Crippen molar-refractivity contribution in [3.8, 4) is 17.2 Å². The molecule has 8 heteroatoms. The summed E-state index contributed by atoms with van der Waals surface area (Å²) in [5.41, 5.74) is 0.908. The highest BCUT2D eigenvalue weighted by atomic mass is 32.2. The summed E-state index contributed by atoms with van der Waals surface area (Å²) in [6, 6.07) is 3.75. The van der Waals surface area contributed by atoms with Crippen LogP contribution < -0.4 is 14.2 Å². The van der Waals surface area contributed by atoms with Crippen molar-refractivity contribution >= 4 is 41.2 Å². The fraction of sp³-hybridized carbons (Fsp3) is 0.375. The van der Waals surface area contributed by atoms with Gasteiger partial charge in [-0.05, 0) is 23.8 Å². The topological polar surface area (TPSA) is 57.2 Å². The molecule has 0 amide bonds. The largest absolute Gasteiger partial charge is 0.493 e. The molecule has 0 saturated carbocycles. The van der Waals surface area contributed by atoms with Gasteiger partial charge in [0.25, 0.3) is 0 Å². The van der Waals surface area contributed by atoms with Crippen molar-refractivity contribution in [1.82, 2.24) is 4.90 Å². The molecule has 0 N–H and O–H groups in total. The van der Waals surface area contributed by atoms with Gasteiger partial charge in [0.15, 0.2) is 17.7 Å². The van der Waals surface area contributed by atoms with Gasteiger partial charge in [0.05, 0.1) is 27.2 Å². The van der Waals surface area contributed by atoms with Crippen LogP contribution in [0.4, 0.5) is 0 Å². The van der Waals surface area contributed by atoms with E-state index >= 15 is 0 Å². The Hall–Kier alpha value is -1.61. The first-order valence-electron chi connectivity index (χ1n) is 7.10. The molecular formula is C16H16NO5S2. The summed E-state index contributed by atoms with van der Waals surface area (Å²) >= 11 is 6.59. The number of rotatable bonds is 6. The zero-order chi connectivity index (χ0) is 17.3. The second-order valence-corrected chi connectivity index (χ2v) is 6.56. The van der Waals surface area contributed by atoms with Crippen LogP contribution in [-0.4, -0.2) is 55.7 Å². The van der Waals surface area contributed by atoms with Gasteiger partial charge < -0.3 is 18.9 Å². The fourth-order valence-electron chi connectivity index (χ4n) is 2.65. The van der Waals surface area contributed by atoms with E-state index in [9.17, 15) is 4.79 Å². The predicted molar refractivity (Wildman–Crippen MR) is 95.3 cm³/mol. The summed E-state index contributed by atoms with van der Waals surface area (Å²) in [6.07, 6.45) is 3.11. The average molecular weight is 366 g/mol. The van der Waals surface area contributed by atoms with E-state index < -0.39 is 6.23 Å². The van der Waals surface area contributed by atoms with Crippen LogP contribution in [0.3, 0.4) is 0 Å². The molecule has 1 radical (unpaired) electrons. The number of methoxy groups -OCH3 is 3. The monoisotopic (exact) mass is 366 g/mol. The van der Waals surface area contributed by atoms with Gasteiger partial charge in [-0.25, -0.2) is 4.90 Å². The molecule has 127 valence electrons. The molecular weight excluding hydrogens is 350 g/mol. The SMILES string of the molecule is COc1cc(C=C2SCN3C(C(=S)[C]=O)OC23)cc(OC)c1OC. The van der Waals surface area contributed by atoms with Crippen LogP contribution >= 0.6 is 24.0 Å². The van der Waals surface area contributed by atoms with E-state index in [0.717, 1.165) is 10.5 Å². The molecule has 2 saturated heterocycles. The minimum absolute atomic E-state index is 0.154. The zero-order valence-electron chi connectivity index (χ0n) is 13.4. The highest BCUT2D eigenvalue weighted by molar-refractivity contribution is 8.03. The lowest BCUT2D eigenvalue weighted by Gasteiger charge is -2.42. The van der Waals surface area contributed by atoms with Gasteiger partial charge in [-0.3, -0.25) is 4.79 Å². The second kappa shape index (κ2) is 7.10. The molecule has 0 bridgehead atoms. The Morgan fingerprint density at radius 2 is 2.00 bits per heavy atom. The summed E-state index contributed by atoms with van der Waals surface area (Å²) in [7, 11) is 4.73. The summed E-state index contributed by atoms with van der Waals surface area (Å²) < 4.78 is 21.8. The van der Waals surface area contributed by atoms with E-state index in [1.807, 2.05) is 23.1 Å². The van der Waals surface area contributed by atoms with Gasteiger partial charge in [-0.15, -0.1) is 11.8 Å². The van der Waals surface area contributed by atoms with Crippen molar-refractivity contribution < 1.29 is 23.7 Å². The molecule has 2 atom stereocenters. The Morgan fingerprint density at radius 1 is 1.33 bits per heavy atom. The first kappa shape index (κ1) is 17.2. The van der Waals surface area contributed by atoms with Crippen LogP contribution in [0.15, 0.2) is 17.0 Å². The van der Waals surface area contributed by atoms with Gasteiger partial charge >= 0.3 is 0 Å². The summed E-state index contributed by atoms with van der Waals surface area (Å²) in [6.45, 7) is 0. The molecule has 0 aliphatic carbocycles. The third-order valence-corrected chi connectivity index (χ3v) is 5.17. The number of nitrogens with zero attached hydrogens (tertiary/aromatic N) is 1. The number of thioether (sulfide) groups is 1. The summed E-state index contributed by atoms with van der Waals surface area (Å²) in [4.78, 5) is 13.9. The Morgan fingerprint density at radius 3 is 2.54 bits per heavy atom. The molecule has 2 unspecified atom stereocenters. The normalized spacial score (nSPS) is 24.2. The molecule has 3 rings (SSSR count). The van der Waals surface area contributed by atoms with Gasteiger partial charge in [-0.1, -0.05) is 12.2 Å². The smallest absolute Gasteiger partial charge is 0.244 e. The molecule has 24 heavy (non-hydrogen) atoms. The number of hydrogen-bond donors (Lipinski definition) is 0. The maximum absolute atomic E-state index is 10.7. The Bertz CT molecular complexity index is 681. The van der Waals surface area contributed by atoms with E-state index in [1.54, 1.807) is 39.4 Å². The molecule has 2 heterocycles. The molecule has 0 aromatic heterocycles. The zero-order valence-corrected chi connectivity index (χ0v) is 15.0. The number of benzene rings is 1. The minimum atomic E-state index is -0.444. The van der Waals surface area contributed by atoms with Crippen LogP contribution in [-0.2, 0) is 9.53 Å². The average Bonchev–Trinajstić information content (AvgIpc) is 2.88. The third kappa shape index (κ3) is 2.90. The molecule has 2 fully saturated rings. The van der Waals surface area contributed by atoms with Gasteiger partial charge in [0, 0.05) is 4.91 Å². The van der Waals surface area contributed by atoms with Crippen molar-refractivity contribution in [2.75, 3.05) is 27.2 Å². The second-order valence-electron chi connectivity index (χ2n) is 5.10. The van der Waals surface area contributed by atoms with E-state index in [4.69, 9.17) is 31.2 Å². The highest BCUT2D eigenvalue weighted by Gasteiger charge is 2.48. The van der Waals surface area contributed by atoms with Crippen LogP contribution in [0.1, 0.15) is 5.56 Å². The maximum atomic E-state index is 10.7.